The Morgan fingerprint density at radius 1 is 1.55 bits per heavy atom. The third-order valence-electron chi connectivity index (χ3n) is 3.28. The quantitative estimate of drug-likeness (QED) is 0.784. The lowest BCUT2D eigenvalue weighted by Gasteiger charge is -2.33. The highest BCUT2D eigenvalue weighted by atomic mass is 35.5. The number of carbonyl (C=O) groups is 1. The second kappa shape index (κ2) is 7.70. The van der Waals surface area contributed by atoms with Crippen LogP contribution in [0.2, 0.25) is 5.02 Å². The van der Waals surface area contributed by atoms with Gasteiger partial charge in [-0.3, -0.25) is 9.78 Å². The summed E-state index contributed by atoms with van der Waals surface area (Å²) in [5, 5.41) is 0.498. The number of likely N-dealkylation sites (tertiary alicyclic amines) is 1. The minimum absolute atomic E-state index is 0.0106. The van der Waals surface area contributed by atoms with E-state index in [0.717, 1.165) is 25.8 Å². The number of pyridine rings is 1. The highest BCUT2D eigenvalue weighted by molar-refractivity contribution is 6.31. The number of piperidine rings is 1. The summed E-state index contributed by atoms with van der Waals surface area (Å²) < 4.78 is 5.88. The van der Waals surface area contributed by atoms with Crippen LogP contribution in [0, 0.1) is 0 Å². The number of rotatable bonds is 5. The van der Waals surface area contributed by atoms with Crippen molar-refractivity contribution in [3.63, 3.8) is 0 Å². The van der Waals surface area contributed by atoms with Gasteiger partial charge in [-0.1, -0.05) is 11.6 Å². The third kappa shape index (κ3) is 4.25. The van der Waals surface area contributed by atoms with Gasteiger partial charge < -0.3 is 9.64 Å². The van der Waals surface area contributed by atoms with Crippen molar-refractivity contribution in [2.75, 3.05) is 19.0 Å². The minimum atomic E-state index is -0.0106. The first-order valence-electron chi connectivity index (χ1n) is 6.80. The molecule has 0 saturated carbocycles. The molecule has 1 aliphatic rings. The van der Waals surface area contributed by atoms with Gasteiger partial charge in [-0.05, 0) is 19.3 Å². The second-order valence-electron chi connectivity index (χ2n) is 4.82. The maximum Gasteiger partial charge on any atom is 0.222 e. The maximum absolute atomic E-state index is 12.0. The average Bonchev–Trinajstić information content (AvgIpc) is 2.47. The summed E-state index contributed by atoms with van der Waals surface area (Å²) in [6.07, 6.45) is 6.29. The minimum Gasteiger partial charge on any atom is -0.487 e. The van der Waals surface area contributed by atoms with Gasteiger partial charge in [0.05, 0.1) is 6.54 Å². The molecule has 0 N–H and O–H groups in total. The van der Waals surface area contributed by atoms with Crippen molar-refractivity contribution in [2.45, 2.75) is 31.8 Å². The molecule has 0 radical (unpaired) electrons. The number of aromatic nitrogens is 1. The van der Waals surface area contributed by atoms with Gasteiger partial charge in [-0.25, -0.2) is 0 Å². The van der Waals surface area contributed by atoms with E-state index < -0.39 is 0 Å². The number of ether oxygens (including phenoxy) is 1. The van der Waals surface area contributed by atoms with E-state index in [9.17, 15) is 4.79 Å². The van der Waals surface area contributed by atoms with Gasteiger partial charge in [0.25, 0.3) is 0 Å². The van der Waals surface area contributed by atoms with Crippen LogP contribution in [0.3, 0.4) is 0 Å². The summed E-state index contributed by atoms with van der Waals surface area (Å²) >= 11 is 11.7. The molecule has 0 aliphatic carbocycles. The van der Waals surface area contributed by atoms with Crippen LogP contribution in [0.15, 0.2) is 18.5 Å². The molecular weight excluding hydrogens is 299 g/mol. The molecule has 1 aromatic heterocycles. The molecule has 1 fully saturated rings. The lowest BCUT2D eigenvalue weighted by Crippen LogP contribution is -2.44. The fraction of sp³-hybridized carbons (Fsp3) is 0.571. The topological polar surface area (TPSA) is 42.4 Å². The van der Waals surface area contributed by atoms with Gasteiger partial charge in [0.2, 0.25) is 5.91 Å². The molecule has 6 heteroatoms. The van der Waals surface area contributed by atoms with Crippen LogP contribution in [-0.4, -0.2) is 40.9 Å². The Kier molecular flexibility index (Phi) is 5.92. The SMILES string of the molecule is O=C(CCCCl)N1CCCC(Oc2ccncc2Cl)C1. The molecule has 1 aromatic rings. The van der Waals surface area contributed by atoms with E-state index in [0.29, 0.717) is 29.6 Å². The number of amides is 1. The number of nitrogens with zero attached hydrogens (tertiary/aromatic N) is 2. The summed E-state index contributed by atoms with van der Waals surface area (Å²) in [6, 6.07) is 1.75. The molecule has 1 saturated heterocycles. The van der Waals surface area contributed by atoms with E-state index in [4.69, 9.17) is 27.9 Å². The molecule has 2 rings (SSSR count). The normalized spacial score (nSPS) is 18.9. The molecule has 0 spiro atoms. The number of hydrogen-bond donors (Lipinski definition) is 0. The molecule has 1 unspecified atom stereocenters. The summed E-state index contributed by atoms with van der Waals surface area (Å²) in [5.74, 6) is 1.30. The first-order chi connectivity index (χ1) is 9.70. The van der Waals surface area contributed by atoms with E-state index in [2.05, 4.69) is 4.98 Å². The molecular formula is C14H18Cl2N2O2. The third-order valence-corrected chi connectivity index (χ3v) is 3.84. The highest BCUT2D eigenvalue weighted by Gasteiger charge is 2.24. The number of alkyl halides is 1. The van der Waals surface area contributed by atoms with Gasteiger partial charge in [0.15, 0.2) is 0 Å². The molecule has 1 atom stereocenters. The standard InChI is InChI=1S/C14H18Cl2N2O2/c15-6-1-4-14(19)18-8-2-3-11(10-18)20-13-5-7-17-9-12(13)16/h5,7,9,11H,1-4,6,8,10H2. The summed E-state index contributed by atoms with van der Waals surface area (Å²) in [7, 11) is 0. The number of hydrogen-bond acceptors (Lipinski definition) is 3. The van der Waals surface area contributed by atoms with Crippen molar-refractivity contribution in [2.24, 2.45) is 0 Å². The van der Waals surface area contributed by atoms with E-state index in [1.54, 1.807) is 18.5 Å². The van der Waals surface area contributed by atoms with Gasteiger partial charge in [0, 0.05) is 37.3 Å². The van der Waals surface area contributed by atoms with Crippen LogP contribution in [0.5, 0.6) is 5.75 Å². The molecule has 1 amide bonds. The lowest BCUT2D eigenvalue weighted by molar-refractivity contribution is -0.133. The van der Waals surface area contributed by atoms with Crippen LogP contribution >= 0.6 is 23.2 Å². The fourth-order valence-electron chi connectivity index (χ4n) is 2.27. The Balaban J connectivity index is 1.90. The van der Waals surface area contributed by atoms with Crippen LogP contribution in [0.25, 0.3) is 0 Å². The Labute approximate surface area is 129 Å². The first-order valence-corrected chi connectivity index (χ1v) is 7.72. The van der Waals surface area contributed by atoms with Crippen molar-refractivity contribution in [3.8, 4) is 5.75 Å². The number of halogens is 2. The van der Waals surface area contributed by atoms with Crippen molar-refractivity contribution in [3.05, 3.63) is 23.5 Å². The van der Waals surface area contributed by atoms with Crippen molar-refractivity contribution in [1.82, 2.24) is 9.88 Å². The van der Waals surface area contributed by atoms with Crippen LogP contribution < -0.4 is 4.74 Å². The van der Waals surface area contributed by atoms with Crippen molar-refractivity contribution in [1.29, 1.82) is 0 Å². The number of carbonyl (C=O) groups excluding carboxylic acids is 1. The largest absolute Gasteiger partial charge is 0.487 e. The fourth-order valence-corrected chi connectivity index (χ4v) is 2.57. The molecule has 110 valence electrons. The zero-order valence-electron chi connectivity index (χ0n) is 11.2. The van der Waals surface area contributed by atoms with E-state index in [1.165, 1.54) is 0 Å². The predicted octanol–water partition coefficient (Wildman–Crippen LogP) is 3.12. The van der Waals surface area contributed by atoms with Crippen LogP contribution in [-0.2, 0) is 4.79 Å². The van der Waals surface area contributed by atoms with E-state index in [1.807, 2.05) is 4.90 Å². The Morgan fingerprint density at radius 2 is 2.40 bits per heavy atom. The van der Waals surface area contributed by atoms with Gasteiger partial charge >= 0.3 is 0 Å². The Morgan fingerprint density at radius 3 is 3.15 bits per heavy atom. The molecule has 2 heterocycles. The van der Waals surface area contributed by atoms with E-state index >= 15 is 0 Å². The van der Waals surface area contributed by atoms with Crippen LogP contribution in [0.1, 0.15) is 25.7 Å². The average molecular weight is 317 g/mol. The lowest BCUT2D eigenvalue weighted by atomic mass is 10.1. The second-order valence-corrected chi connectivity index (χ2v) is 5.61. The Bertz CT molecular complexity index is 457. The predicted molar refractivity (Wildman–Crippen MR) is 79.4 cm³/mol. The van der Waals surface area contributed by atoms with Gasteiger partial charge in [0.1, 0.15) is 16.9 Å². The van der Waals surface area contributed by atoms with Gasteiger partial charge in [-0.2, -0.15) is 0 Å². The zero-order valence-corrected chi connectivity index (χ0v) is 12.7. The summed E-state index contributed by atoms with van der Waals surface area (Å²) in [6.45, 7) is 1.41. The van der Waals surface area contributed by atoms with Gasteiger partial charge in [-0.15, -0.1) is 11.6 Å². The molecule has 0 aromatic carbocycles. The van der Waals surface area contributed by atoms with Crippen molar-refractivity contribution >= 4 is 29.1 Å². The monoisotopic (exact) mass is 316 g/mol. The molecule has 1 aliphatic heterocycles. The van der Waals surface area contributed by atoms with E-state index in [-0.39, 0.29) is 12.0 Å². The van der Waals surface area contributed by atoms with Crippen LogP contribution in [0.4, 0.5) is 0 Å². The van der Waals surface area contributed by atoms with Crippen molar-refractivity contribution < 1.29 is 9.53 Å². The summed E-state index contributed by atoms with van der Waals surface area (Å²) in [4.78, 5) is 17.8. The highest BCUT2D eigenvalue weighted by Crippen LogP contribution is 2.25. The molecule has 0 bridgehead atoms. The first kappa shape index (κ1) is 15.4. The molecule has 20 heavy (non-hydrogen) atoms. The summed E-state index contributed by atoms with van der Waals surface area (Å²) in [5.41, 5.74) is 0. The zero-order chi connectivity index (χ0) is 14.4. The Hall–Kier alpha value is -1.00. The molecule has 4 nitrogen and oxygen atoms in total. The smallest absolute Gasteiger partial charge is 0.222 e. The maximum atomic E-state index is 12.0.